The van der Waals surface area contributed by atoms with Gasteiger partial charge in [0.15, 0.2) is 0 Å². The molecule has 0 bridgehead atoms. The average molecular weight is 340 g/mol. The van der Waals surface area contributed by atoms with Crippen molar-refractivity contribution in [3.63, 3.8) is 0 Å². The van der Waals surface area contributed by atoms with Gasteiger partial charge in [-0.05, 0) is 35.9 Å². The zero-order valence-electron chi connectivity index (χ0n) is 13.9. The van der Waals surface area contributed by atoms with Gasteiger partial charge in [0.25, 0.3) is 5.91 Å². The minimum Gasteiger partial charge on any atom is -0.322 e. The molecule has 0 atom stereocenters. The van der Waals surface area contributed by atoms with Crippen LogP contribution in [0.5, 0.6) is 0 Å². The number of rotatable bonds is 4. The molecule has 0 unspecified atom stereocenters. The minimum absolute atomic E-state index is 0.201. The third-order valence-electron chi connectivity index (χ3n) is 3.98. The van der Waals surface area contributed by atoms with Crippen molar-refractivity contribution >= 4 is 11.6 Å². The molecule has 1 amide bonds. The van der Waals surface area contributed by atoms with Crippen LogP contribution in [0.4, 0.5) is 5.69 Å². The van der Waals surface area contributed by atoms with Crippen molar-refractivity contribution in [2.45, 2.75) is 0 Å². The lowest BCUT2D eigenvalue weighted by atomic mass is 10.1. The lowest BCUT2D eigenvalue weighted by Gasteiger charge is -2.09. The Kier molecular flexibility index (Phi) is 4.26. The topological polar surface area (TPSA) is 59.8 Å². The smallest absolute Gasteiger partial charge is 0.257 e. The standard InChI is InChI=1S/C21H16N4O/c26-21(18-12-17(14-22-15-18)16-6-2-1-3-7-16)24-19-8-4-9-20(13-19)25-11-5-10-23-25/h1-15H,(H,24,26). The Morgan fingerprint density at radius 3 is 2.58 bits per heavy atom. The van der Waals surface area contributed by atoms with E-state index in [1.54, 1.807) is 23.3 Å². The second-order valence-electron chi connectivity index (χ2n) is 5.78. The summed E-state index contributed by atoms with van der Waals surface area (Å²) in [5.74, 6) is -0.201. The summed E-state index contributed by atoms with van der Waals surface area (Å²) in [6.45, 7) is 0. The van der Waals surface area contributed by atoms with Crippen LogP contribution < -0.4 is 5.32 Å². The normalized spacial score (nSPS) is 10.5. The number of anilines is 1. The summed E-state index contributed by atoms with van der Waals surface area (Å²) in [5, 5.41) is 7.12. The highest BCUT2D eigenvalue weighted by molar-refractivity contribution is 6.04. The van der Waals surface area contributed by atoms with E-state index in [1.807, 2.05) is 72.9 Å². The van der Waals surface area contributed by atoms with Crippen LogP contribution in [-0.4, -0.2) is 20.7 Å². The molecule has 5 heteroatoms. The van der Waals surface area contributed by atoms with E-state index in [-0.39, 0.29) is 5.91 Å². The van der Waals surface area contributed by atoms with Crippen LogP contribution in [0, 0.1) is 0 Å². The lowest BCUT2D eigenvalue weighted by Crippen LogP contribution is -2.12. The van der Waals surface area contributed by atoms with Crippen molar-refractivity contribution in [1.82, 2.24) is 14.8 Å². The Morgan fingerprint density at radius 2 is 1.77 bits per heavy atom. The summed E-state index contributed by atoms with van der Waals surface area (Å²) >= 11 is 0. The number of hydrogen-bond acceptors (Lipinski definition) is 3. The van der Waals surface area contributed by atoms with Gasteiger partial charge in [-0.15, -0.1) is 0 Å². The molecule has 2 heterocycles. The molecule has 4 aromatic rings. The number of aromatic nitrogens is 3. The molecule has 2 aromatic carbocycles. The van der Waals surface area contributed by atoms with Crippen molar-refractivity contribution in [2.24, 2.45) is 0 Å². The van der Waals surface area contributed by atoms with E-state index in [2.05, 4.69) is 15.4 Å². The van der Waals surface area contributed by atoms with Crippen LogP contribution in [0.3, 0.4) is 0 Å². The maximum atomic E-state index is 12.6. The zero-order chi connectivity index (χ0) is 17.8. The van der Waals surface area contributed by atoms with Gasteiger partial charge in [0.2, 0.25) is 0 Å². The van der Waals surface area contributed by atoms with Crippen molar-refractivity contribution < 1.29 is 4.79 Å². The average Bonchev–Trinajstić information content (AvgIpc) is 3.24. The molecule has 0 fully saturated rings. The first-order chi connectivity index (χ1) is 12.8. The summed E-state index contributed by atoms with van der Waals surface area (Å²) < 4.78 is 1.74. The summed E-state index contributed by atoms with van der Waals surface area (Å²) in [4.78, 5) is 16.8. The number of carbonyl (C=O) groups excluding carboxylic acids is 1. The van der Waals surface area contributed by atoms with Crippen LogP contribution in [0.15, 0.2) is 91.5 Å². The molecule has 0 saturated carbocycles. The van der Waals surface area contributed by atoms with Crippen LogP contribution in [0.25, 0.3) is 16.8 Å². The summed E-state index contributed by atoms with van der Waals surface area (Å²) in [6.07, 6.45) is 6.89. The molecule has 5 nitrogen and oxygen atoms in total. The third-order valence-corrected chi connectivity index (χ3v) is 3.98. The number of pyridine rings is 1. The minimum atomic E-state index is -0.201. The molecule has 0 aliphatic rings. The molecule has 1 N–H and O–H groups in total. The lowest BCUT2D eigenvalue weighted by molar-refractivity contribution is 0.102. The van der Waals surface area contributed by atoms with Crippen LogP contribution in [-0.2, 0) is 0 Å². The van der Waals surface area contributed by atoms with E-state index in [9.17, 15) is 4.79 Å². The van der Waals surface area contributed by atoms with Gasteiger partial charge in [0.1, 0.15) is 0 Å². The van der Waals surface area contributed by atoms with Gasteiger partial charge < -0.3 is 5.32 Å². The molecular formula is C21H16N4O. The molecule has 0 aliphatic heterocycles. The SMILES string of the molecule is O=C(Nc1cccc(-n2cccn2)c1)c1cncc(-c2ccccc2)c1. The first kappa shape index (κ1) is 15.8. The zero-order valence-corrected chi connectivity index (χ0v) is 13.9. The van der Waals surface area contributed by atoms with E-state index >= 15 is 0 Å². The van der Waals surface area contributed by atoms with Gasteiger partial charge in [-0.2, -0.15) is 5.10 Å². The van der Waals surface area contributed by atoms with Gasteiger partial charge >= 0.3 is 0 Å². The number of nitrogens with zero attached hydrogens (tertiary/aromatic N) is 3. The van der Waals surface area contributed by atoms with Crippen LogP contribution in [0.1, 0.15) is 10.4 Å². The summed E-state index contributed by atoms with van der Waals surface area (Å²) in [6, 6.07) is 21.1. The molecule has 0 saturated heterocycles. The Balaban J connectivity index is 1.57. The first-order valence-electron chi connectivity index (χ1n) is 8.21. The van der Waals surface area contributed by atoms with E-state index < -0.39 is 0 Å². The fraction of sp³-hybridized carbons (Fsp3) is 0. The fourth-order valence-corrected chi connectivity index (χ4v) is 2.70. The molecule has 0 spiro atoms. The van der Waals surface area contributed by atoms with Crippen LogP contribution >= 0.6 is 0 Å². The highest BCUT2D eigenvalue weighted by Crippen LogP contribution is 2.20. The van der Waals surface area contributed by atoms with E-state index in [0.717, 1.165) is 16.8 Å². The molecule has 0 aliphatic carbocycles. The number of nitrogens with one attached hydrogen (secondary N) is 1. The molecule has 26 heavy (non-hydrogen) atoms. The van der Waals surface area contributed by atoms with Crippen LogP contribution in [0.2, 0.25) is 0 Å². The first-order valence-corrected chi connectivity index (χ1v) is 8.21. The van der Waals surface area contributed by atoms with Crippen molar-refractivity contribution in [3.05, 3.63) is 97.1 Å². The van der Waals surface area contributed by atoms with E-state index in [1.165, 1.54) is 0 Å². The number of hydrogen-bond donors (Lipinski definition) is 1. The maximum absolute atomic E-state index is 12.6. The third kappa shape index (κ3) is 3.37. The molecule has 126 valence electrons. The second kappa shape index (κ2) is 7.03. The van der Waals surface area contributed by atoms with E-state index in [4.69, 9.17) is 0 Å². The summed E-state index contributed by atoms with van der Waals surface area (Å²) in [5.41, 5.74) is 4.02. The van der Waals surface area contributed by atoms with Crippen molar-refractivity contribution in [2.75, 3.05) is 5.32 Å². The van der Waals surface area contributed by atoms with Gasteiger partial charge in [0.05, 0.1) is 11.3 Å². The Bertz CT molecular complexity index is 1030. The number of carbonyl (C=O) groups is 1. The van der Waals surface area contributed by atoms with Crippen molar-refractivity contribution in [3.8, 4) is 16.8 Å². The number of amides is 1. The largest absolute Gasteiger partial charge is 0.322 e. The van der Waals surface area contributed by atoms with Gasteiger partial charge in [0, 0.05) is 36.0 Å². The van der Waals surface area contributed by atoms with Gasteiger partial charge in [-0.3, -0.25) is 9.78 Å². The highest BCUT2D eigenvalue weighted by Gasteiger charge is 2.09. The molecule has 0 radical (unpaired) electrons. The maximum Gasteiger partial charge on any atom is 0.257 e. The van der Waals surface area contributed by atoms with Gasteiger partial charge in [-0.25, -0.2) is 4.68 Å². The molecule has 2 aromatic heterocycles. The number of benzene rings is 2. The Hall–Kier alpha value is -3.73. The van der Waals surface area contributed by atoms with Gasteiger partial charge in [-0.1, -0.05) is 36.4 Å². The van der Waals surface area contributed by atoms with E-state index in [0.29, 0.717) is 11.3 Å². The molecular weight excluding hydrogens is 324 g/mol. The predicted molar refractivity (Wildman–Crippen MR) is 101 cm³/mol. The Morgan fingerprint density at radius 1 is 0.885 bits per heavy atom. The summed E-state index contributed by atoms with van der Waals surface area (Å²) in [7, 11) is 0. The monoisotopic (exact) mass is 340 g/mol. The van der Waals surface area contributed by atoms with Crippen molar-refractivity contribution in [1.29, 1.82) is 0 Å². The second-order valence-corrected chi connectivity index (χ2v) is 5.78. The predicted octanol–water partition coefficient (Wildman–Crippen LogP) is 4.19. The molecule has 4 rings (SSSR count). The fourth-order valence-electron chi connectivity index (χ4n) is 2.70. The quantitative estimate of drug-likeness (QED) is 0.606. The highest BCUT2D eigenvalue weighted by atomic mass is 16.1. The Labute approximate surface area is 151 Å².